The Bertz CT molecular complexity index is 974. The van der Waals surface area contributed by atoms with E-state index < -0.39 is 0 Å². The summed E-state index contributed by atoms with van der Waals surface area (Å²) in [5, 5.41) is 10.7. The maximum atomic E-state index is 12.8. The third kappa shape index (κ3) is 2.82. The number of amides is 1. The molecule has 0 bridgehead atoms. The lowest BCUT2D eigenvalue weighted by molar-refractivity contribution is 0.0931. The van der Waals surface area contributed by atoms with Crippen molar-refractivity contribution in [2.24, 2.45) is 7.05 Å². The lowest BCUT2D eigenvalue weighted by atomic mass is 10.1. The average molecular weight is 354 g/mol. The maximum Gasteiger partial charge on any atom is 0.272 e. The highest BCUT2D eigenvalue weighted by Gasteiger charge is 2.25. The molecule has 0 radical (unpaired) electrons. The number of hydrogen-bond acceptors (Lipinski definition) is 5. The first-order chi connectivity index (χ1) is 12.6. The number of aromatic nitrogens is 4. The zero-order chi connectivity index (χ0) is 18.3. The van der Waals surface area contributed by atoms with E-state index in [4.69, 9.17) is 4.74 Å². The van der Waals surface area contributed by atoms with Gasteiger partial charge in [0.1, 0.15) is 11.6 Å². The van der Waals surface area contributed by atoms with Crippen LogP contribution in [0.3, 0.4) is 0 Å². The van der Waals surface area contributed by atoms with Crippen LogP contribution in [-0.4, -0.2) is 39.3 Å². The number of fused-ring (bicyclic) bond motifs is 2. The summed E-state index contributed by atoms with van der Waals surface area (Å²) >= 11 is 0. The standard InChI is InChI=1S/C18H22N6O2/c1-10(17-21-13-5-4-11(26-3)8-14(13)22-17)20-18(25)16-12-9-19-7-6-15(12)24(2)23-16/h4-5,8,10,19H,6-7,9H2,1-3H3,(H,20,25)(H,21,22). The molecule has 0 saturated heterocycles. The Morgan fingerprint density at radius 1 is 1.42 bits per heavy atom. The quantitative estimate of drug-likeness (QED) is 0.659. The summed E-state index contributed by atoms with van der Waals surface area (Å²) in [4.78, 5) is 20.6. The normalized spacial score (nSPS) is 14.9. The first-order valence-corrected chi connectivity index (χ1v) is 8.67. The van der Waals surface area contributed by atoms with Gasteiger partial charge in [-0.1, -0.05) is 0 Å². The Labute approximate surface area is 150 Å². The van der Waals surface area contributed by atoms with Crippen molar-refractivity contribution in [1.29, 1.82) is 0 Å². The maximum absolute atomic E-state index is 12.8. The third-order valence-corrected chi connectivity index (χ3v) is 4.80. The van der Waals surface area contributed by atoms with E-state index in [0.29, 0.717) is 18.1 Å². The number of aryl methyl sites for hydroxylation is 1. The number of aromatic amines is 1. The molecule has 3 heterocycles. The molecule has 136 valence electrons. The van der Waals surface area contributed by atoms with Crippen LogP contribution >= 0.6 is 0 Å². The highest BCUT2D eigenvalue weighted by molar-refractivity contribution is 5.94. The van der Waals surface area contributed by atoms with Crippen LogP contribution in [0.25, 0.3) is 11.0 Å². The van der Waals surface area contributed by atoms with Gasteiger partial charge in [0.05, 0.1) is 24.2 Å². The molecule has 26 heavy (non-hydrogen) atoms. The summed E-state index contributed by atoms with van der Waals surface area (Å²) in [6.45, 7) is 3.48. The summed E-state index contributed by atoms with van der Waals surface area (Å²) < 4.78 is 7.04. The number of nitrogens with zero attached hydrogens (tertiary/aromatic N) is 3. The molecule has 1 atom stereocenters. The van der Waals surface area contributed by atoms with Crippen molar-refractivity contribution in [1.82, 2.24) is 30.4 Å². The fourth-order valence-corrected chi connectivity index (χ4v) is 3.38. The Morgan fingerprint density at radius 2 is 2.27 bits per heavy atom. The monoisotopic (exact) mass is 354 g/mol. The van der Waals surface area contributed by atoms with E-state index in [1.54, 1.807) is 7.11 Å². The molecule has 8 nitrogen and oxygen atoms in total. The Kier molecular flexibility index (Phi) is 4.12. The molecule has 1 aliphatic rings. The van der Waals surface area contributed by atoms with Crippen molar-refractivity contribution in [3.05, 3.63) is 41.0 Å². The second-order valence-electron chi connectivity index (χ2n) is 6.52. The van der Waals surface area contributed by atoms with Crippen molar-refractivity contribution >= 4 is 16.9 Å². The van der Waals surface area contributed by atoms with E-state index in [1.165, 1.54) is 0 Å². The average Bonchev–Trinajstić information content (AvgIpc) is 3.23. The Hall–Kier alpha value is -2.87. The highest BCUT2D eigenvalue weighted by Crippen LogP contribution is 2.22. The van der Waals surface area contributed by atoms with Gasteiger partial charge in [0, 0.05) is 43.9 Å². The van der Waals surface area contributed by atoms with E-state index in [-0.39, 0.29) is 11.9 Å². The smallest absolute Gasteiger partial charge is 0.272 e. The molecule has 1 aliphatic heterocycles. The summed E-state index contributed by atoms with van der Waals surface area (Å²) in [7, 11) is 3.51. The molecular weight excluding hydrogens is 332 g/mol. The van der Waals surface area contributed by atoms with Crippen molar-refractivity contribution in [2.45, 2.75) is 25.9 Å². The number of imidazole rings is 1. The summed E-state index contributed by atoms with van der Waals surface area (Å²) in [5.74, 6) is 1.28. The van der Waals surface area contributed by atoms with Gasteiger partial charge in [0.2, 0.25) is 0 Å². The predicted octanol–water partition coefficient (Wildman–Crippen LogP) is 1.44. The molecule has 1 unspecified atom stereocenters. The van der Waals surface area contributed by atoms with E-state index in [9.17, 15) is 4.79 Å². The van der Waals surface area contributed by atoms with E-state index >= 15 is 0 Å². The summed E-state index contributed by atoms with van der Waals surface area (Å²) in [5.41, 5.74) is 4.30. The van der Waals surface area contributed by atoms with Crippen LogP contribution in [0.15, 0.2) is 18.2 Å². The minimum atomic E-state index is -0.268. The molecule has 0 fully saturated rings. The van der Waals surface area contributed by atoms with Crippen molar-refractivity contribution in [2.75, 3.05) is 13.7 Å². The molecule has 8 heteroatoms. The van der Waals surface area contributed by atoms with Crippen LogP contribution in [0.4, 0.5) is 0 Å². The number of carbonyl (C=O) groups is 1. The zero-order valence-electron chi connectivity index (χ0n) is 15.1. The number of benzene rings is 1. The number of nitrogens with one attached hydrogen (secondary N) is 3. The van der Waals surface area contributed by atoms with Crippen LogP contribution in [0.1, 0.15) is 40.5 Å². The van der Waals surface area contributed by atoms with Crippen LogP contribution in [0.5, 0.6) is 5.75 Å². The van der Waals surface area contributed by atoms with Crippen molar-refractivity contribution < 1.29 is 9.53 Å². The molecule has 3 N–H and O–H groups in total. The van der Waals surface area contributed by atoms with Gasteiger partial charge in [-0.15, -0.1) is 0 Å². The van der Waals surface area contributed by atoms with Crippen molar-refractivity contribution in [3.63, 3.8) is 0 Å². The number of ether oxygens (including phenoxy) is 1. The van der Waals surface area contributed by atoms with Gasteiger partial charge in [-0.2, -0.15) is 5.10 Å². The minimum Gasteiger partial charge on any atom is -0.497 e. The van der Waals surface area contributed by atoms with E-state index in [1.807, 2.05) is 36.9 Å². The van der Waals surface area contributed by atoms with Gasteiger partial charge in [0.25, 0.3) is 5.91 Å². The van der Waals surface area contributed by atoms with Crippen LogP contribution in [-0.2, 0) is 20.0 Å². The predicted molar refractivity (Wildman–Crippen MR) is 97.1 cm³/mol. The van der Waals surface area contributed by atoms with Gasteiger partial charge in [-0.05, 0) is 19.1 Å². The second kappa shape index (κ2) is 6.45. The fourth-order valence-electron chi connectivity index (χ4n) is 3.38. The van der Waals surface area contributed by atoms with Gasteiger partial charge < -0.3 is 20.4 Å². The summed E-state index contributed by atoms with van der Waals surface area (Å²) in [6, 6.07) is 5.38. The van der Waals surface area contributed by atoms with Crippen LogP contribution in [0.2, 0.25) is 0 Å². The summed E-state index contributed by atoms with van der Waals surface area (Å²) in [6.07, 6.45) is 0.882. The molecule has 2 aromatic heterocycles. The third-order valence-electron chi connectivity index (χ3n) is 4.80. The molecule has 0 spiro atoms. The van der Waals surface area contributed by atoms with E-state index in [2.05, 4.69) is 25.7 Å². The molecule has 4 rings (SSSR count). The lowest BCUT2D eigenvalue weighted by Crippen LogP contribution is -2.30. The van der Waals surface area contributed by atoms with Gasteiger partial charge in [-0.25, -0.2) is 4.98 Å². The Balaban J connectivity index is 1.56. The number of carbonyl (C=O) groups excluding carboxylic acids is 1. The number of hydrogen-bond donors (Lipinski definition) is 3. The van der Waals surface area contributed by atoms with Crippen molar-refractivity contribution in [3.8, 4) is 5.75 Å². The molecular formula is C18H22N6O2. The number of H-pyrrole nitrogens is 1. The lowest BCUT2D eigenvalue weighted by Gasteiger charge is -2.15. The van der Waals surface area contributed by atoms with Crippen LogP contribution < -0.4 is 15.4 Å². The molecule has 0 aliphatic carbocycles. The first kappa shape index (κ1) is 16.6. The molecule has 1 aromatic carbocycles. The van der Waals surface area contributed by atoms with Gasteiger partial charge >= 0.3 is 0 Å². The topological polar surface area (TPSA) is 96.9 Å². The van der Waals surface area contributed by atoms with Gasteiger partial charge in [-0.3, -0.25) is 9.48 Å². The molecule has 1 amide bonds. The van der Waals surface area contributed by atoms with Crippen LogP contribution in [0, 0.1) is 0 Å². The van der Waals surface area contributed by atoms with Gasteiger partial charge in [0.15, 0.2) is 5.69 Å². The minimum absolute atomic E-state index is 0.184. The molecule has 3 aromatic rings. The largest absolute Gasteiger partial charge is 0.497 e. The molecule has 0 saturated carbocycles. The second-order valence-corrected chi connectivity index (χ2v) is 6.52. The Morgan fingerprint density at radius 3 is 3.08 bits per heavy atom. The zero-order valence-corrected chi connectivity index (χ0v) is 15.1. The first-order valence-electron chi connectivity index (χ1n) is 8.67. The fraction of sp³-hybridized carbons (Fsp3) is 0.389. The highest BCUT2D eigenvalue weighted by atomic mass is 16.5. The van der Waals surface area contributed by atoms with E-state index in [0.717, 1.165) is 41.0 Å². The SMILES string of the molecule is COc1ccc2nc(C(C)NC(=O)c3nn(C)c4c3CNCC4)[nH]c2c1. The number of methoxy groups -OCH3 is 1. The number of rotatable bonds is 4.